The Hall–Kier alpha value is -2.44. The van der Waals surface area contributed by atoms with Crippen LogP contribution < -0.4 is 14.2 Å². The predicted molar refractivity (Wildman–Crippen MR) is 102 cm³/mol. The molecule has 2 atom stereocenters. The number of halogens is 1. The number of ether oxygens (including phenoxy) is 5. The summed E-state index contributed by atoms with van der Waals surface area (Å²) in [6.07, 6.45) is 2.47. The first-order chi connectivity index (χ1) is 13.6. The molecule has 2 aliphatic heterocycles. The highest BCUT2D eigenvalue weighted by atomic mass is 35.5. The molecule has 148 valence electrons. The number of carbonyl (C=O) groups excluding carboxylic acids is 1. The van der Waals surface area contributed by atoms with Crippen LogP contribution in [0, 0.1) is 0 Å². The molecule has 0 saturated carbocycles. The Morgan fingerprint density at radius 2 is 2.04 bits per heavy atom. The summed E-state index contributed by atoms with van der Waals surface area (Å²) in [6, 6.07) is 10.5. The zero-order valence-corrected chi connectivity index (χ0v) is 16.2. The van der Waals surface area contributed by atoms with Crippen molar-refractivity contribution in [1.29, 1.82) is 0 Å². The minimum Gasteiger partial charge on any atom is -0.485 e. The first kappa shape index (κ1) is 18.9. The fourth-order valence-corrected chi connectivity index (χ4v) is 3.56. The topological polar surface area (TPSA) is 63.2 Å². The summed E-state index contributed by atoms with van der Waals surface area (Å²) in [4.78, 5) is 11.6. The minimum atomic E-state index is -0.422. The van der Waals surface area contributed by atoms with Gasteiger partial charge in [0.2, 0.25) is 0 Å². The number of hydrogen-bond donors (Lipinski definition) is 0. The molecule has 2 heterocycles. The zero-order chi connectivity index (χ0) is 19.5. The van der Waals surface area contributed by atoms with Crippen LogP contribution in [0.1, 0.15) is 41.3 Å². The minimum absolute atomic E-state index is 0.221. The fraction of sp³-hybridized carbons (Fsp3) is 0.381. The molecule has 1 saturated heterocycles. The lowest BCUT2D eigenvalue weighted by atomic mass is 10.1. The molecule has 4 rings (SSSR count). The number of hydrogen-bond acceptors (Lipinski definition) is 6. The third kappa shape index (κ3) is 4.03. The molecule has 7 heteroatoms. The molecule has 2 aromatic carbocycles. The summed E-state index contributed by atoms with van der Waals surface area (Å²) in [5, 5.41) is 0.538. The predicted octanol–water partition coefficient (Wildman–Crippen LogP) is 4.54. The van der Waals surface area contributed by atoms with Gasteiger partial charge in [0.05, 0.1) is 24.3 Å². The maximum atomic E-state index is 11.6. The lowest BCUT2D eigenvalue weighted by molar-refractivity contribution is -0.105. The van der Waals surface area contributed by atoms with Gasteiger partial charge in [-0.25, -0.2) is 4.79 Å². The van der Waals surface area contributed by atoms with Crippen LogP contribution in [0.5, 0.6) is 17.2 Å². The first-order valence-electron chi connectivity index (χ1n) is 9.23. The van der Waals surface area contributed by atoms with E-state index in [0.29, 0.717) is 27.8 Å². The van der Waals surface area contributed by atoms with Crippen LogP contribution in [0.15, 0.2) is 36.4 Å². The highest BCUT2D eigenvalue weighted by Crippen LogP contribution is 2.39. The van der Waals surface area contributed by atoms with Gasteiger partial charge in [0.1, 0.15) is 12.4 Å². The number of carbonyl (C=O) groups is 1. The number of benzene rings is 2. The van der Waals surface area contributed by atoms with Crippen molar-refractivity contribution in [1.82, 2.24) is 0 Å². The van der Waals surface area contributed by atoms with E-state index in [2.05, 4.69) is 0 Å². The molecule has 0 spiro atoms. The molecule has 2 aliphatic rings. The molecular weight excluding hydrogens is 384 g/mol. The van der Waals surface area contributed by atoms with E-state index in [1.807, 2.05) is 12.1 Å². The van der Waals surface area contributed by atoms with Crippen LogP contribution in [0.4, 0.5) is 0 Å². The second kappa shape index (κ2) is 8.29. The van der Waals surface area contributed by atoms with Crippen molar-refractivity contribution in [2.24, 2.45) is 0 Å². The second-order valence-corrected chi connectivity index (χ2v) is 7.08. The van der Waals surface area contributed by atoms with E-state index < -0.39 is 5.97 Å². The van der Waals surface area contributed by atoms with Gasteiger partial charge in [-0.2, -0.15) is 0 Å². The van der Waals surface area contributed by atoms with E-state index in [-0.39, 0.29) is 19.0 Å². The molecule has 6 nitrogen and oxygen atoms in total. The Labute approximate surface area is 168 Å². The number of methoxy groups -OCH3 is 1. The quantitative estimate of drug-likeness (QED) is 0.697. The van der Waals surface area contributed by atoms with Crippen molar-refractivity contribution in [2.75, 3.05) is 20.3 Å². The number of esters is 1. The molecule has 0 N–H and O–H groups in total. The summed E-state index contributed by atoms with van der Waals surface area (Å²) in [5.41, 5.74) is 1.22. The summed E-state index contributed by atoms with van der Waals surface area (Å²) in [5.74, 6) is 1.30. The molecule has 28 heavy (non-hydrogen) atoms. The van der Waals surface area contributed by atoms with Crippen LogP contribution in [0.3, 0.4) is 0 Å². The normalized spacial score (nSPS) is 21.1. The molecule has 0 radical (unpaired) electrons. The third-order valence-electron chi connectivity index (χ3n) is 4.75. The van der Waals surface area contributed by atoms with Gasteiger partial charge in [-0.05, 0) is 43.2 Å². The van der Waals surface area contributed by atoms with Crippen LogP contribution in [0.2, 0.25) is 5.02 Å². The van der Waals surface area contributed by atoms with Crippen molar-refractivity contribution >= 4 is 17.6 Å². The van der Waals surface area contributed by atoms with Gasteiger partial charge >= 0.3 is 5.97 Å². The van der Waals surface area contributed by atoms with E-state index in [1.54, 1.807) is 24.3 Å². The SMILES string of the molecule is COC(=O)c1ccc2c(c1)OCC(c1ccc(OC3CCCCO3)cc1Cl)O2. The second-order valence-electron chi connectivity index (χ2n) is 6.67. The van der Waals surface area contributed by atoms with Crippen LogP contribution >= 0.6 is 11.6 Å². The van der Waals surface area contributed by atoms with E-state index in [0.717, 1.165) is 31.4 Å². The van der Waals surface area contributed by atoms with Crippen LogP contribution in [-0.4, -0.2) is 32.6 Å². The Bertz CT molecular complexity index is 862. The average Bonchev–Trinajstić information content (AvgIpc) is 2.73. The molecule has 2 unspecified atom stereocenters. The lowest BCUT2D eigenvalue weighted by Crippen LogP contribution is -2.25. The largest absolute Gasteiger partial charge is 0.485 e. The number of fused-ring (bicyclic) bond motifs is 1. The van der Waals surface area contributed by atoms with Gasteiger partial charge in [0.15, 0.2) is 23.9 Å². The van der Waals surface area contributed by atoms with Crippen molar-refractivity contribution in [3.05, 3.63) is 52.5 Å². The molecule has 2 aromatic rings. The maximum Gasteiger partial charge on any atom is 0.337 e. The van der Waals surface area contributed by atoms with Crippen molar-refractivity contribution < 1.29 is 28.5 Å². The summed E-state index contributed by atoms with van der Waals surface area (Å²) >= 11 is 6.48. The van der Waals surface area contributed by atoms with E-state index in [4.69, 9.17) is 35.3 Å². The van der Waals surface area contributed by atoms with Gasteiger partial charge in [0.25, 0.3) is 0 Å². The third-order valence-corrected chi connectivity index (χ3v) is 5.08. The molecule has 0 amide bonds. The zero-order valence-electron chi connectivity index (χ0n) is 15.5. The van der Waals surface area contributed by atoms with Gasteiger partial charge in [-0.1, -0.05) is 17.7 Å². The maximum absolute atomic E-state index is 11.6. The fourth-order valence-electron chi connectivity index (χ4n) is 3.27. The summed E-state index contributed by atoms with van der Waals surface area (Å²) in [6.45, 7) is 1.00. The first-order valence-corrected chi connectivity index (χ1v) is 9.61. The van der Waals surface area contributed by atoms with Crippen molar-refractivity contribution in [3.63, 3.8) is 0 Å². The summed E-state index contributed by atoms with van der Waals surface area (Å²) < 4.78 is 28.0. The molecular formula is C21H21ClO6. The Morgan fingerprint density at radius 1 is 1.14 bits per heavy atom. The molecule has 0 aromatic heterocycles. The summed E-state index contributed by atoms with van der Waals surface area (Å²) in [7, 11) is 1.34. The highest BCUT2D eigenvalue weighted by Gasteiger charge is 2.26. The standard InChI is InChI=1S/C21H21ClO6/c1-24-21(23)13-5-8-17-18(10-13)26-12-19(28-17)15-7-6-14(11-16(15)22)27-20-4-2-3-9-25-20/h5-8,10-11,19-20H,2-4,9,12H2,1H3. The van der Waals surface area contributed by atoms with Crippen LogP contribution in [-0.2, 0) is 9.47 Å². The number of rotatable bonds is 4. The molecule has 1 fully saturated rings. The van der Waals surface area contributed by atoms with Gasteiger partial charge in [-0.3, -0.25) is 0 Å². The Morgan fingerprint density at radius 3 is 2.79 bits per heavy atom. The molecule has 0 bridgehead atoms. The highest BCUT2D eigenvalue weighted by molar-refractivity contribution is 6.31. The Kier molecular flexibility index (Phi) is 5.59. The van der Waals surface area contributed by atoms with E-state index in [1.165, 1.54) is 7.11 Å². The smallest absolute Gasteiger partial charge is 0.337 e. The van der Waals surface area contributed by atoms with Crippen molar-refractivity contribution in [3.8, 4) is 17.2 Å². The van der Waals surface area contributed by atoms with Gasteiger partial charge in [0, 0.05) is 12.0 Å². The Balaban J connectivity index is 1.47. The van der Waals surface area contributed by atoms with Gasteiger partial charge in [-0.15, -0.1) is 0 Å². The molecule has 0 aliphatic carbocycles. The van der Waals surface area contributed by atoms with E-state index >= 15 is 0 Å². The average molecular weight is 405 g/mol. The van der Waals surface area contributed by atoms with Crippen molar-refractivity contribution in [2.45, 2.75) is 31.7 Å². The monoisotopic (exact) mass is 404 g/mol. The van der Waals surface area contributed by atoms with Crippen LogP contribution in [0.25, 0.3) is 0 Å². The van der Waals surface area contributed by atoms with E-state index in [9.17, 15) is 4.79 Å². The van der Waals surface area contributed by atoms with Gasteiger partial charge < -0.3 is 23.7 Å². The lowest BCUT2D eigenvalue weighted by Gasteiger charge is -2.28.